The van der Waals surface area contributed by atoms with E-state index in [-0.39, 0.29) is 5.56 Å². The minimum absolute atomic E-state index is 0.157. The van der Waals surface area contributed by atoms with Gasteiger partial charge in [0.2, 0.25) is 0 Å². The van der Waals surface area contributed by atoms with Crippen molar-refractivity contribution in [2.45, 2.75) is 6.54 Å². The fourth-order valence-corrected chi connectivity index (χ4v) is 2.12. The number of benzene rings is 1. The maximum atomic E-state index is 12.3. The van der Waals surface area contributed by atoms with Gasteiger partial charge < -0.3 is 5.32 Å². The fourth-order valence-electron chi connectivity index (χ4n) is 2.12. The average molecular weight is 276 g/mol. The average Bonchev–Trinajstić information content (AvgIpc) is 2.55. The lowest BCUT2D eigenvalue weighted by Crippen LogP contribution is -2.19. The number of nitrogens with one attached hydrogen (secondary N) is 1. The number of fused-ring (bicyclic) bond motifs is 1. The Balaban J connectivity index is 1.91. The molecule has 5 heteroatoms. The summed E-state index contributed by atoms with van der Waals surface area (Å²) >= 11 is 0. The Hall–Kier alpha value is -3.13. The number of nitrogens with zero attached hydrogens (tertiary/aromatic N) is 3. The molecule has 0 radical (unpaired) electrons. The SMILES string of the molecule is N#Cc1ccccc1CNc1cnc2ccccn2c1=O. The normalized spacial score (nSPS) is 10.2. The molecule has 0 aliphatic heterocycles. The van der Waals surface area contributed by atoms with Crippen LogP contribution in [-0.2, 0) is 6.54 Å². The van der Waals surface area contributed by atoms with Gasteiger partial charge in [0.25, 0.3) is 5.56 Å². The summed E-state index contributed by atoms with van der Waals surface area (Å²) < 4.78 is 1.48. The molecule has 0 aliphatic rings. The number of hydrogen-bond acceptors (Lipinski definition) is 4. The summed E-state index contributed by atoms with van der Waals surface area (Å²) in [7, 11) is 0. The third-order valence-corrected chi connectivity index (χ3v) is 3.22. The van der Waals surface area contributed by atoms with Crippen LogP contribution in [0.1, 0.15) is 11.1 Å². The van der Waals surface area contributed by atoms with Crippen molar-refractivity contribution in [2.24, 2.45) is 0 Å². The van der Waals surface area contributed by atoms with Crippen molar-refractivity contribution in [3.63, 3.8) is 0 Å². The summed E-state index contributed by atoms with van der Waals surface area (Å²) in [5.41, 5.74) is 2.29. The minimum Gasteiger partial charge on any atom is -0.375 e. The van der Waals surface area contributed by atoms with Gasteiger partial charge in [0.05, 0.1) is 17.8 Å². The third-order valence-electron chi connectivity index (χ3n) is 3.22. The molecule has 21 heavy (non-hydrogen) atoms. The lowest BCUT2D eigenvalue weighted by atomic mass is 10.1. The molecule has 0 saturated heterocycles. The molecule has 0 amide bonds. The van der Waals surface area contributed by atoms with Gasteiger partial charge in [-0.3, -0.25) is 9.20 Å². The molecule has 5 nitrogen and oxygen atoms in total. The van der Waals surface area contributed by atoms with Gasteiger partial charge in [0.15, 0.2) is 0 Å². The van der Waals surface area contributed by atoms with Gasteiger partial charge in [0, 0.05) is 12.7 Å². The number of aromatic nitrogens is 2. The number of pyridine rings is 1. The minimum atomic E-state index is -0.157. The molecule has 2 aromatic heterocycles. The highest BCUT2D eigenvalue weighted by molar-refractivity contribution is 5.48. The lowest BCUT2D eigenvalue weighted by molar-refractivity contribution is 1.02. The second kappa shape index (κ2) is 5.47. The first-order valence-electron chi connectivity index (χ1n) is 6.48. The van der Waals surface area contributed by atoms with Crippen molar-refractivity contribution in [1.82, 2.24) is 9.38 Å². The molecule has 0 atom stereocenters. The standard InChI is InChI=1S/C16H12N4O/c17-9-12-5-1-2-6-13(12)10-18-14-11-19-15-7-3-4-8-20(15)16(14)21/h1-8,11,18H,10H2. The summed E-state index contributed by atoms with van der Waals surface area (Å²) in [6.45, 7) is 0.402. The summed E-state index contributed by atoms with van der Waals surface area (Å²) in [5.74, 6) is 0. The van der Waals surface area contributed by atoms with Crippen molar-refractivity contribution >= 4 is 11.3 Å². The third kappa shape index (κ3) is 2.47. The maximum Gasteiger partial charge on any atom is 0.281 e. The quantitative estimate of drug-likeness (QED) is 0.796. The Morgan fingerprint density at radius 1 is 1.19 bits per heavy atom. The van der Waals surface area contributed by atoms with Crippen LogP contribution >= 0.6 is 0 Å². The van der Waals surface area contributed by atoms with Crippen LogP contribution in [0.15, 0.2) is 59.7 Å². The van der Waals surface area contributed by atoms with Gasteiger partial charge in [0.1, 0.15) is 11.3 Å². The van der Waals surface area contributed by atoms with E-state index in [1.165, 1.54) is 10.6 Å². The van der Waals surface area contributed by atoms with E-state index in [1.54, 1.807) is 24.4 Å². The molecule has 102 valence electrons. The second-order valence-corrected chi connectivity index (χ2v) is 4.53. The topological polar surface area (TPSA) is 70.2 Å². The van der Waals surface area contributed by atoms with Gasteiger partial charge in [-0.05, 0) is 23.8 Å². The Morgan fingerprint density at radius 2 is 2.00 bits per heavy atom. The molecule has 0 fully saturated rings. The molecule has 1 N–H and O–H groups in total. The molecule has 0 bridgehead atoms. The van der Waals surface area contributed by atoms with E-state index in [9.17, 15) is 4.79 Å². The van der Waals surface area contributed by atoms with E-state index in [4.69, 9.17) is 5.26 Å². The van der Waals surface area contributed by atoms with Crippen molar-refractivity contribution < 1.29 is 0 Å². The van der Waals surface area contributed by atoms with Gasteiger partial charge in [-0.1, -0.05) is 24.3 Å². The van der Waals surface area contributed by atoms with Crippen molar-refractivity contribution in [3.8, 4) is 6.07 Å². The van der Waals surface area contributed by atoms with Gasteiger partial charge in [-0.25, -0.2) is 4.98 Å². The van der Waals surface area contributed by atoms with E-state index >= 15 is 0 Å². The van der Waals surface area contributed by atoms with Gasteiger partial charge >= 0.3 is 0 Å². The van der Waals surface area contributed by atoms with Gasteiger partial charge in [-0.15, -0.1) is 0 Å². The van der Waals surface area contributed by atoms with E-state index in [2.05, 4.69) is 16.4 Å². The number of hydrogen-bond donors (Lipinski definition) is 1. The van der Waals surface area contributed by atoms with Crippen molar-refractivity contribution in [2.75, 3.05) is 5.32 Å². The highest BCUT2D eigenvalue weighted by Gasteiger charge is 2.05. The zero-order valence-corrected chi connectivity index (χ0v) is 11.2. The van der Waals surface area contributed by atoms with Crippen LogP contribution in [0, 0.1) is 11.3 Å². The molecular weight excluding hydrogens is 264 g/mol. The van der Waals surface area contributed by atoms with Crippen LogP contribution in [0.2, 0.25) is 0 Å². The highest BCUT2D eigenvalue weighted by Crippen LogP contribution is 2.09. The zero-order valence-electron chi connectivity index (χ0n) is 11.2. The Bertz CT molecular complexity index is 892. The first-order valence-corrected chi connectivity index (χ1v) is 6.48. The largest absolute Gasteiger partial charge is 0.375 e. The summed E-state index contributed by atoms with van der Waals surface area (Å²) in [5, 5.41) is 12.1. The van der Waals surface area contributed by atoms with Crippen molar-refractivity contribution in [3.05, 3.63) is 76.3 Å². The van der Waals surface area contributed by atoms with Crippen LogP contribution in [0.5, 0.6) is 0 Å². The molecule has 0 saturated carbocycles. The van der Waals surface area contributed by atoms with Gasteiger partial charge in [-0.2, -0.15) is 5.26 Å². The monoisotopic (exact) mass is 276 g/mol. The first kappa shape index (κ1) is 12.9. The smallest absolute Gasteiger partial charge is 0.281 e. The molecule has 0 spiro atoms. The maximum absolute atomic E-state index is 12.3. The second-order valence-electron chi connectivity index (χ2n) is 4.53. The Morgan fingerprint density at radius 3 is 2.86 bits per heavy atom. The summed E-state index contributed by atoms with van der Waals surface area (Å²) in [6, 6.07) is 14.8. The van der Waals surface area contributed by atoms with Crippen LogP contribution in [-0.4, -0.2) is 9.38 Å². The Kier molecular flexibility index (Phi) is 3.36. The summed E-state index contributed by atoms with van der Waals surface area (Å²) in [4.78, 5) is 16.5. The van der Waals surface area contributed by atoms with Crippen LogP contribution in [0.4, 0.5) is 5.69 Å². The van der Waals surface area contributed by atoms with E-state index in [0.717, 1.165) is 5.56 Å². The number of nitriles is 1. The predicted octanol–water partition coefficient (Wildman–Crippen LogP) is 2.18. The van der Waals surface area contributed by atoms with Crippen LogP contribution < -0.4 is 10.9 Å². The molecule has 3 rings (SSSR count). The number of anilines is 1. The highest BCUT2D eigenvalue weighted by atomic mass is 16.1. The fraction of sp³-hybridized carbons (Fsp3) is 0.0625. The summed E-state index contributed by atoms with van der Waals surface area (Å²) in [6.07, 6.45) is 3.20. The molecule has 3 aromatic rings. The molecule has 2 heterocycles. The molecule has 0 aliphatic carbocycles. The van der Waals surface area contributed by atoms with E-state index in [1.807, 2.05) is 24.3 Å². The Labute approximate surface area is 121 Å². The number of rotatable bonds is 3. The molecule has 0 unspecified atom stereocenters. The van der Waals surface area contributed by atoms with Crippen LogP contribution in [0.25, 0.3) is 5.65 Å². The van der Waals surface area contributed by atoms with Crippen LogP contribution in [0.3, 0.4) is 0 Å². The lowest BCUT2D eigenvalue weighted by Gasteiger charge is -2.08. The van der Waals surface area contributed by atoms with E-state index in [0.29, 0.717) is 23.4 Å². The molecule has 1 aromatic carbocycles. The predicted molar refractivity (Wildman–Crippen MR) is 79.9 cm³/mol. The van der Waals surface area contributed by atoms with E-state index < -0.39 is 0 Å². The van der Waals surface area contributed by atoms with Crippen molar-refractivity contribution in [1.29, 1.82) is 5.26 Å². The zero-order chi connectivity index (χ0) is 14.7. The first-order chi connectivity index (χ1) is 10.3. The molecular formula is C16H12N4O.